The van der Waals surface area contributed by atoms with Gasteiger partial charge in [-0.1, -0.05) is 27.5 Å². The molecular weight excluding hydrogens is 326 g/mol. The van der Waals surface area contributed by atoms with Gasteiger partial charge >= 0.3 is 0 Å². The van der Waals surface area contributed by atoms with Crippen LogP contribution < -0.4 is 0 Å². The molecule has 0 aromatic heterocycles. The van der Waals surface area contributed by atoms with Crippen molar-refractivity contribution < 1.29 is 4.79 Å². The number of likely N-dealkylation sites (tertiary alicyclic amines) is 1. The number of piperidine rings is 1. The molecule has 1 aliphatic heterocycles. The van der Waals surface area contributed by atoms with Gasteiger partial charge in [0.15, 0.2) is 0 Å². The molecule has 0 saturated carbocycles. The first-order valence-corrected chi connectivity index (χ1v) is 8.23. The number of hydrogen-bond donors (Lipinski definition) is 0. The molecule has 1 unspecified atom stereocenters. The second-order valence-electron chi connectivity index (χ2n) is 5.20. The highest BCUT2D eigenvalue weighted by molar-refractivity contribution is 9.09. The minimum Gasteiger partial charge on any atom is -0.338 e. The molecule has 0 N–H and O–H groups in total. The van der Waals surface area contributed by atoms with Gasteiger partial charge in [0.2, 0.25) is 0 Å². The van der Waals surface area contributed by atoms with E-state index in [1.807, 2.05) is 30.0 Å². The number of rotatable bonds is 3. The summed E-state index contributed by atoms with van der Waals surface area (Å²) < 4.78 is 0. The zero-order valence-corrected chi connectivity index (χ0v) is 13.5. The molecule has 2 rings (SSSR count). The Labute approximate surface area is 128 Å². The maximum Gasteiger partial charge on any atom is 0.253 e. The summed E-state index contributed by atoms with van der Waals surface area (Å²) >= 11 is 9.49. The van der Waals surface area contributed by atoms with Gasteiger partial charge in [0, 0.05) is 29.0 Å². The molecule has 1 saturated heterocycles. The van der Waals surface area contributed by atoms with Gasteiger partial charge in [0.25, 0.3) is 5.91 Å². The molecule has 19 heavy (non-hydrogen) atoms. The number of aryl methyl sites for hydroxylation is 1. The Bertz CT molecular complexity index is 461. The molecule has 0 spiro atoms. The zero-order valence-electron chi connectivity index (χ0n) is 11.2. The van der Waals surface area contributed by atoms with Crippen molar-refractivity contribution in [3.63, 3.8) is 0 Å². The van der Waals surface area contributed by atoms with Gasteiger partial charge in [0.05, 0.1) is 0 Å². The number of carbonyl (C=O) groups is 1. The molecule has 104 valence electrons. The van der Waals surface area contributed by atoms with Crippen molar-refractivity contribution >= 4 is 33.4 Å². The standard InChI is InChI=1S/C15H19BrClNO/c1-11-9-13(4-5-14(11)17)15(19)18-8-2-3-12(10-18)6-7-16/h4-5,9,12H,2-3,6-8,10H2,1H3. The summed E-state index contributed by atoms with van der Waals surface area (Å²) in [4.78, 5) is 14.5. The van der Waals surface area contributed by atoms with Crippen LogP contribution >= 0.6 is 27.5 Å². The van der Waals surface area contributed by atoms with Gasteiger partial charge in [-0.3, -0.25) is 4.79 Å². The van der Waals surface area contributed by atoms with Crippen LogP contribution in [0.3, 0.4) is 0 Å². The minimum atomic E-state index is 0.138. The highest BCUT2D eigenvalue weighted by Crippen LogP contribution is 2.23. The molecule has 1 heterocycles. The first-order valence-electron chi connectivity index (χ1n) is 6.73. The highest BCUT2D eigenvalue weighted by Gasteiger charge is 2.24. The second-order valence-corrected chi connectivity index (χ2v) is 6.40. The minimum absolute atomic E-state index is 0.138. The summed E-state index contributed by atoms with van der Waals surface area (Å²) in [7, 11) is 0. The summed E-state index contributed by atoms with van der Waals surface area (Å²) in [6, 6.07) is 5.52. The van der Waals surface area contributed by atoms with E-state index in [2.05, 4.69) is 15.9 Å². The van der Waals surface area contributed by atoms with Gasteiger partial charge in [-0.2, -0.15) is 0 Å². The van der Waals surface area contributed by atoms with Crippen molar-refractivity contribution in [2.75, 3.05) is 18.4 Å². The van der Waals surface area contributed by atoms with Gasteiger partial charge < -0.3 is 4.90 Å². The molecule has 1 aromatic carbocycles. The van der Waals surface area contributed by atoms with Crippen molar-refractivity contribution in [2.45, 2.75) is 26.2 Å². The largest absolute Gasteiger partial charge is 0.338 e. The average Bonchev–Trinajstić information content (AvgIpc) is 2.42. The molecule has 1 aromatic rings. The third kappa shape index (κ3) is 3.73. The van der Waals surface area contributed by atoms with Crippen LogP contribution in [-0.2, 0) is 0 Å². The Hall–Kier alpha value is -0.540. The summed E-state index contributed by atoms with van der Waals surface area (Å²) in [6.45, 7) is 3.69. The molecule has 2 nitrogen and oxygen atoms in total. The summed E-state index contributed by atoms with van der Waals surface area (Å²) in [5.74, 6) is 0.768. The number of amides is 1. The third-order valence-electron chi connectivity index (χ3n) is 3.73. The van der Waals surface area contributed by atoms with Crippen molar-refractivity contribution in [1.82, 2.24) is 4.90 Å². The van der Waals surface area contributed by atoms with E-state index in [9.17, 15) is 4.79 Å². The predicted molar refractivity (Wildman–Crippen MR) is 83.2 cm³/mol. The number of carbonyl (C=O) groups excluding carboxylic acids is 1. The van der Waals surface area contributed by atoms with E-state index in [1.165, 1.54) is 6.42 Å². The van der Waals surface area contributed by atoms with E-state index in [0.717, 1.165) is 42.4 Å². The molecule has 0 aliphatic carbocycles. The van der Waals surface area contributed by atoms with Crippen molar-refractivity contribution in [2.24, 2.45) is 5.92 Å². The fraction of sp³-hybridized carbons (Fsp3) is 0.533. The monoisotopic (exact) mass is 343 g/mol. The van der Waals surface area contributed by atoms with E-state index < -0.39 is 0 Å². The van der Waals surface area contributed by atoms with Crippen LogP contribution in [0.2, 0.25) is 5.02 Å². The van der Waals surface area contributed by atoms with E-state index >= 15 is 0 Å². The van der Waals surface area contributed by atoms with Crippen LogP contribution in [0.25, 0.3) is 0 Å². The summed E-state index contributed by atoms with van der Waals surface area (Å²) in [6.07, 6.45) is 3.48. The number of alkyl halides is 1. The van der Waals surface area contributed by atoms with Crippen LogP contribution in [0, 0.1) is 12.8 Å². The number of halogens is 2. The fourth-order valence-corrected chi connectivity index (χ4v) is 3.36. The Morgan fingerprint density at radius 1 is 1.53 bits per heavy atom. The van der Waals surface area contributed by atoms with E-state index in [1.54, 1.807) is 0 Å². The first-order chi connectivity index (χ1) is 9.11. The van der Waals surface area contributed by atoms with Crippen LogP contribution in [0.5, 0.6) is 0 Å². The molecule has 1 amide bonds. The predicted octanol–water partition coefficient (Wildman–Crippen LogP) is 4.29. The Kier molecular flexibility index (Phi) is 5.28. The smallest absolute Gasteiger partial charge is 0.253 e. The number of benzene rings is 1. The summed E-state index contributed by atoms with van der Waals surface area (Å²) in [5.41, 5.74) is 1.71. The van der Waals surface area contributed by atoms with Crippen molar-refractivity contribution in [3.05, 3.63) is 34.3 Å². The maximum atomic E-state index is 12.5. The maximum absolute atomic E-state index is 12.5. The Morgan fingerprint density at radius 3 is 3.00 bits per heavy atom. The molecule has 1 atom stereocenters. The third-order valence-corrected chi connectivity index (χ3v) is 4.61. The van der Waals surface area contributed by atoms with Gasteiger partial charge in [-0.25, -0.2) is 0 Å². The SMILES string of the molecule is Cc1cc(C(=O)N2CCCC(CCBr)C2)ccc1Cl. The lowest BCUT2D eigenvalue weighted by Gasteiger charge is -2.32. The molecule has 4 heteroatoms. The van der Waals surface area contributed by atoms with Gasteiger partial charge in [-0.05, 0) is 55.9 Å². The van der Waals surface area contributed by atoms with Gasteiger partial charge in [-0.15, -0.1) is 0 Å². The Balaban J connectivity index is 2.08. The normalized spacial score (nSPS) is 19.5. The van der Waals surface area contributed by atoms with Crippen LogP contribution in [0.15, 0.2) is 18.2 Å². The van der Waals surface area contributed by atoms with Crippen LogP contribution in [-0.4, -0.2) is 29.2 Å². The van der Waals surface area contributed by atoms with E-state index in [4.69, 9.17) is 11.6 Å². The van der Waals surface area contributed by atoms with Crippen molar-refractivity contribution in [1.29, 1.82) is 0 Å². The fourth-order valence-electron chi connectivity index (χ4n) is 2.60. The lowest BCUT2D eigenvalue weighted by molar-refractivity contribution is 0.0672. The molecule has 1 aliphatic rings. The lowest BCUT2D eigenvalue weighted by atomic mass is 9.95. The lowest BCUT2D eigenvalue weighted by Crippen LogP contribution is -2.40. The first kappa shape index (κ1) is 14.9. The molecule has 0 radical (unpaired) electrons. The number of nitrogens with zero attached hydrogens (tertiary/aromatic N) is 1. The quantitative estimate of drug-likeness (QED) is 0.749. The van der Waals surface area contributed by atoms with E-state index in [-0.39, 0.29) is 5.91 Å². The second kappa shape index (κ2) is 6.76. The van der Waals surface area contributed by atoms with Crippen LogP contribution in [0.1, 0.15) is 35.2 Å². The molecular formula is C15H19BrClNO. The Morgan fingerprint density at radius 2 is 2.32 bits per heavy atom. The molecule has 1 fully saturated rings. The molecule has 0 bridgehead atoms. The summed E-state index contributed by atoms with van der Waals surface area (Å²) in [5, 5.41) is 1.73. The van der Waals surface area contributed by atoms with E-state index in [0.29, 0.717) is 10.9 Å². The zero-order chi connectivity index (χ0) is 13.8. The average molecular weight is 345 g/mol. The van der Waals surface area contributed by atoms with Crippen molar-refractivity contribution in [3.8, 4) is 0 Å². The highest BCUT2D eigenvalue weighted by atomic mass is 79.9. The number of hydrogen-bond acceptors (Lipinski definition) is 1. The van der Waals surface area contributed by atoms with Gasteiger partial charge in [0.1, 0.15) is 0 Å². The topological polar surface area (TPSA) is 20.3 Å². The van der Waals surface area contributed by atoms with Crippen LogP contribution in [0.4, 0.5) is 0 Å².